The number of H-pyrrole nitrogens is 1. The van der Waals surface area contributed by atoms with Gasteiger partial charge >= 0.3 is 5.69 Å². The van der Waals surface area contributed by atoms with Crippen LogP contribution in [0.2, 0.25) is 0 Å². The Hall–Kier alpha value is -2.07. The van der Waals surface area contributed by atoms with E-state index >= 15 is 0 Å². The number of carbonyl (C=O) groups is 1. The molecule has 0 saturated carbocycles. The van der Waals surface area contributed by atoms with Gasteiger partial charge in [0.25, 0.3) is 5.91 Å². The number of amides is 1. The van der Waals surface area contributed by atoms with Crippen molar-refractivity contribution in [3.05, 3.63) is 28.0 Å². The first-order valence-corrected chi connectivity index (χ1v) is 6.77. The summed E-state index contributed by atoms with van der Waals surface area (Å²) >= 11 is 1.31. The Morgan fingerprint density at radius 1 is 1.65 bits per heavy atom. The molecule has 0 saturated heterocycles. The van der Waals surface area contributed by atoms with E-state index in [4.69, 9.17) is 10.4 Å². The second-order valence-corrected chi connectivity index (χ2v) is 5.16. The zero-order valence-corrected chi connectivity index (χ0v) is 11.7. The summed E-state index contributed by atoms with van der Waals surface area (Å²) in [5.74, 6) is 5.35. The number of hydrogen-bond acceptors (Lipinski definition) is 7. The third-order valence-corrected chi connectivity index (χ3v) is 3.43. The Morgan fingerprint density at radius 2 is 2.40 bits per heavy atom. The molecule has 0 aliphatic carbocycles. The molecule has 0 fully saturated rings. The topological polar surface area (TPSA) is 132 Å². The van der Waals surface area contributed by atoms with Gasteiger partial charge in [0.05, 0.1) is 5.75 Å². The van der Waals surface area contributed by atoms with Crippen molar-refractivity contribution in [2.45, 2.75) is 30.8 Å². The number of nitrogens with two attached hydrogens (primary N) is 1. The van der Waals surface area contributed by atoms with Gasteiger partial charge in [0.1, 0.15) is 5.76 Å². The number of aromatic nitrogens is 4. The third kappa shape index (κ3) is 2.91. The molecule has 108 valence electrons. The zero-order chi connectivity index (χ0) is 14.7. The van der Waals surface area contributed by atoms with Gasteiger partial charge in [-0.05, 0) is 13.8 Å². The molecule has 2 heterocycles. The Balaban J connectivity index is 2.08. The Labute approximate surface area is 117 Å². The van der Waals surface area contributed by atoms with Crippen LogP contribution in [0.15, 0.2) is 20.5 Å². The van der Waals surface area contributed by atoms with E-state index in [9.17, 15) is 9.59 Å². The molecule has 0 aliphatic rings. The summed E-state index contributed by atoms with van der Waals surface area (Å²) in [7, 11) is 0. The van der Waals surface area contributed by atoms with E-state index in [-0.39, 0.29) is 17.4 Å². The Kier molecular flexibility index (Phi) is 4.25. The number of rotatable bonds is 5. The Morgan fingerprint density at radius 3 is 3.05 bits per heavy atom. The molecule has 9 nitrogen and oxygen atoms in total. The maximum absolute atomic E-state index is 11.6. The highest BCUT2D eigenvalue weighted by atomic mass is 32.2. The number of nitrogens with one attached hydrogen (secondary N) is 2. The quantitative estimate of drug-likeness (QED) is 0.307. The van der Waals surface area contributed by atoms with Crippen molar-refractivity contribution in [3.63, 3.8) is 0 Å². The van der Waals surface area contributed by atoms with Crippen molar-refractivity contribution in [2.75, 3.05) is 0 Å². The predicted octanol–water partition coefficient (Wildman–Crippen LogP) is 0.0361. The normalized spacial score (nSPS) is 11.0. The van der Waals surface area contributed by atoms with E-state index in [0.29, 0.717) is 16.7 Å². The lowest BCUT2D eigenvalue weighted by atomic mass is 10.4. The fourth-order valence-electron chi connectivity index (χ4n) is 1.55. The molecule has 4 N–H and O–H groups in total. The molecule has 0 spiro atoms. The van der Waals surface area contributed by atoms with Gasteiger partial charge in [-0.2, -0.15) is 0 Å². The van der Waals surface area contributed by atoms with E-state index < -0.39 is 5.91 Å². The van der Waals surface area contributed by atoms with E-state index in [1.54, 1.807) is 0 Å². The lowest BCUT2D eigenvalue weighted by molar-refractivity contribution is 0.0944. The SMILES string of the molecule is CC(C)n1c(SCc2cc(C(=O)NN)no2)n[nH]c1=O. The monoisotopic (exact) mass is 298 g/mol. The molecule has 1 amide bonds. The largest absolute Gasteiger partial charge is 0.360 e. The summed E-state index contributed by atoms with van der Waals surface area (Å²) in [6.07, 6.45) is 0. The molecule has 0 aromatic carbocycles. The molecular formula is C10H14N6O3S. The summed E-state index contributed by atoms with van der Waals surface area (Å²) < 4.78 is 6.54. The lowest BCUT2D eigenvalue weighted by Crippen LogP contribution is -2.30. The van der Waals surface area contributed by atoms with Crippen LogP contribution in [-0.4, -0.2) is 25.8 Å². The maximum Gasteiger partial charge on any atom is 0.344 e. The summed E-state index contributed by atoms with van der Waals surface area (Å²) in [5, 5.41) is 10.5. The van der Waals surface area contributed by atoms with Crippen LogP contribution in [-0.2, 0) is 5.75 Å². The highest BCUT2D eigenvalue weighted by molar-refractivity contribution is 7.98. The number of aromatic amines is 1. The molecule has 10 heteroatoms. The van der Waals surface area contributed by atoms with Crippen molar-refractivity contribution in [1.29, 1.82) is 0 Å². The standard InChI is InChI=1S/C10H14N6O3S/c1-5(2)16-9(18)13-14-10(16)20-4-6-3-7(15-19-6)8(17)12-11/h3,5H,4,11H2,1-2H3,(H,12,17)(H,13,18). The van der Waals surface area contributed by atoms with E-state index in [1.807, 2.05) is 19.3 Å². The molecule has 0 aliphatic heterocycles. The molecule has 0 bridgehead atoms. The molecule has 2 aromatic heterocycles. The van der Waals surface area contributed by atoms with Gasteiger partial charge in [0.2, 0.25) is 0 Å². The summed E-state index contributed by atoms with van der Waals surface area (Å²) in [5.41, 5.74) is 1.81. The number of thioether (sulfide) groups is 1. The average molecular weight is 298 g/mol. The first kappa shape index (κ1) is 14.3. The van der Waals surface area contributed by atoms with Crippen molar-refractivity contribution < 1.29 is 9.32 Å². The summed E-state index contributed by atoms with van der Waals surface area (Å²) in [4.78, 5) is 22.8. The van der Waals surface area contributed by atoms with Gasteiger partial charge in [-0.3, -0.25) is 14.8 Å². The molecule has 0 unspecified atom stereocenters. The minimum atomic E-state index is -0.524. The van der Waals surface area contributed by atoms with Gasteiger partial charge in [-0.25, -0.2) is 15.7 Å². The van der Waals surface area contributed by atoms with Crippen LogP contribution in [0, 0.1) is 0 Å². The number of hydrogen-bond donors (Lipinski definition) is 3. The molecule has 0 radical (unpaired) electrons. The average Bonchev–Trinajstić information content (AvgIpc) is 3.02. The van der Waals surface area contributed by atoms with E-state index in [2.05, 4.69) is 15.4 Å². The van der Waals surface area contributed by atoms with E-state index in [0.717, 1.165) is 0 Å². The lowest BCUT2D eigenvalue weighted by Gasteiger charge is -2.07. The second-order valence-electron chi connectivity index (χ2n) is 4.22. The van der Waals surface area contributed by atoms with Crippen LogP contribution < -0.4 is 17.0 Å². The van der Waals surface area contributed by atoms with Gasteiger partial charge in [0.15, 0.2) is 10.9 Å². The second kappa shape index (κ2) is 5.92. The molecule has 0 atom stereocenters. The van der Waals surface area contributed by atoms with Crippen LogP contribution in [0.5, 0.6) is 0 Å². The van der Waals surface area contributed by atoms with Gasteiger partial charge in [0, 0.05) is 12.1 Å². The zero-order valence-electron chi connectivity index (χ0n) is 10.9. The van der Waals surface area contributed by atoms with Crippen LogP contribution in [0.3, 0.4) is 0 Å². The molecule has 2 rings (SSSR count). The van der Waals surface area contributed by atoms with Gasteiger partial charge < -0.3 is 4.52 Å². The number of hydrazine groups is 1. The van der Waals surface area contributed by atoms with Crippen LogP contribution in [0.25, 0.3) is 0 Å². The molecule has 20 heavy (non-hydrogen) atoms. The predicted molar refractivity (Wildman–Crippen MR) is 71.0 cm³/mol. The smallest absolute Gasteiger partial charge is 0.344 e. The Bertz CT molecular complexity index is 658. The summed E-state index contributed by atoms with van der Waals surface area (Å²) in [6.45, 7) is 3.78. The van der Waals surface area contributed by atoms with Crippen molar-refractivity contribution in [3.8, 4) is 0 Å². The minimum Gasteiger partial charge on any atom is -0.360 e. The minimum absolute atomic E-state index is 0.00273. The van der Waals surface area contributed by atoms with Crippen molar-refractivity contribution in [1.82, 2.24) is 25.3 Å². The van der Waals surface area contributed by atoms with E-state index in [1.165, 1.54) is 22.4 Å². The number of nitrogens with zero attached hydrogens (tertiary/aromatic N) is 3. The third-order valence-electron chi connectivity index (χ3n) is 2.45. The fraction of sp³-hybridized carbons (Fsp3) is 0.400. The highest BCUT2D eigenvalue weighted by Crippen LogP contribution is 2.22. The van der Waals surface area contributed by atoms with Gasteiger partial charge in [-0.15, -0.1) is 5.10 Å². The van der Waals surface area contributed by atoms with Crippen LogP contribution in [0.1, 0.15) is 36.1 Å². The fourth-order valence-corrected chi connectivity index (χ4v) is 2.50. The molecular weight excluding hydrogens is 284 g/mol. The molecule has 2 aromatic rings. The number of nitrogen functional groups attached to an aromatic ring is 1. The first-order chi connectivity index (χ1) is 9.52. The van der Waals surface area contributed by atoms with Crippen LogP contribution in [0.4, 0.5) is 0 Å². The van der Waals surface area contributed by atoms with Gasteiger partial charge in [-0.1, -0.05) is 16.9 Å². The van der Waals surface area contributed by atoms with Crippen LogP contribution >= 0.6 is 11.8 Å². The maximum atomic E-state index is 11.6. The summed E-state index contributed by atoms with van der Waals surface area (Å²) in [6, 6.07) is 1.48. The van der Waals surface area contributed by atoms with Crippen molar-refractivity contribution in [2.24, 2.45) is 5.84 Å². The highest BCUT2D eigenvalue weighted by Gasteiger charge is 2.15. The number of carbonyl (C=O) groups excluding carboxylic acids is 1. The van der Waals surface area contributed by atoms with Crippen molar-refractivity contribution >= 4 is 17.7 Å². The first-order valence-electron chi connectivity index (χ1n) is 5.79.